The van der Waals surface area contributed by atoms with Crippen LogP contribution in [0, 0.1) is 19.8 Å². The lowest BCUT2D eigenvalue weighted by atomic mass is 9.98. The van der Waals surface area contributed by atoms with Gasteiger partial charge in [-0.1, -0.05) is 6.07 Å². The quantitative estimate of drug-likeness (QED) is 0.885. The van der Waals surface area contributed by atoms with Crippen molar-refractivity contribution in [2.75, 3.05) is 32.8 Å². The molecule has 3 heteroatoms. The molecule has 0 radical (unpaired) electrons. The topological polar surface area (TPSA) is 32.7 Å². The van der Waals surface area contributed by atoms with Crippen LogP contribution in [-0.4, -0.2) is 42.9 Å². The van der Waals surface area contributed by atoms with Gasteiger partial charge in [-0.3, -0.25) is 4.90 Å². The van der Waals surface area contributed by atoms with E-state index in [1.54, 1.807) is 0 Å². The molecule has 0 atom stereocenters. The summed E-state index contributed by atoms with van der Waals surface area (Å²) in [4.78, 5) is 2.42. The Balaban J connectivity index is 1.70. The maximum atomic E-state index is 9.11. The third-order valence-corrected chi connectivity index (χ3v) is 4.12. The molecule has 1 saturated heterocycles. The number of hydrogen-bond donors (Lipinski definition) is 1. The Kier molecular flexibility index (Phi) is 5.23. The van der Waals surface area contributed by atoms with Crippen LogP contribution in [-0.2, 0) is 0 Å². The van der Waals surface area contributed by atoms with Crippen LogP contribution < -0.4 is 4.74 Å². The molecule has 1 aliphatic rings. The Labute approximate surface area is 116 Å². The van der Waals surface area contributed by atoms with Gasteiger partial charge in [0, 0.05) is 13.2 Å². The smallest absolute Gasteiger partial charge is 0.119 e. The molecule has 1 aliphatic heterocycles. The molecular weight excluding hydrogens is 238 g/mol. The van der Waals surface area contributed by atoms with Crippen LogP contribution >= 0.6 is 0 Å². The van der Waals surface area contributed by atoms with E-state index in [1.807, 2.05) is 6.07 Å². The number of nitrogens with zero attached hydrogens (tertiary/aromatic N) is 1. The third-order valence-electron chi connectivity index (χ3n) is 4.12. The molecule has 1 N–H and O–H groups in total. The maximum Gasteiger partial charge on any atom is 0.119 e. The van der Waals surface area contributed by atoms with E-state index in [0.717, 1.165) is 44.8 Å². The highest BCUT2D eigenvalue weighted by atomic mass is 16.5. The van der Waals surface area contributed by atoms with Crippen LogP contribution in [0.4, 0.5) is 0 Å². The molecule has 3 nitrogen and oxygen atoms in total. The molecule has 0 bridgehead atoms. The Morgan fingerprint density at radius 1 is 1.21 bits per heavy atom. The number of hydrogen-bond acceptors (Lipinski definition) is 3. The molecule has 0 amide bonds. The summed E-state index contributed by atoms with van der Waals surface area (Å²) in [6.45, 7) is 8.46. The fraction of sp³-hybridized carbons (Fsp3) is 0.625. The van der Waals surface area contributed by atoms with Crippen molar-refractivity contribution in [3.8, 4) is 5.75 Å². The van der Waals surface area contributed by atoms with Gasteiger partial charge in [-0.05, 0) is 69.0 Å². The summed E-state index contributed by atoms with van der Waals surface area (Å²) in [5.74, 6) is 1.48. The Morgan fingerprint density at radius 3 is 2.58 bits per heavy atom. The van der Waals surface area contributed by atoms with E-state index in [-0.39, 0.29) is 0 Å². The van der Waals surface area contributed by atoms with Crippen LogP contribution in [0.1, 0.15) is 24.0 Å². The summed E-state index contributed by atoms with van der Waals surface area (Å²) < 4.78 is 5.81. The lowest BCUT2D eigenvalue weighted by Gasteiger charge is -2.30. The van der Waals surface area contributed by atoms with E-state index >= 15 is 0 Å². The number of aliphatic hydroxyl groups excluding tert-OH is 1. The van der Waals surface area contributed by atoms with Crippen molar-refractivity contribution in [2.45, 2.75) is 26.7 Å². The number of benzene rings is 1. The number of aliphatic hydroxyl groups is 1. The molecular formula is C16H25NO2. The zero-order valence-electron chi connectivity index (χ0n) is 12.1. The molecule has 106 valence electrons. The van der Waals surface area contributed by atoms with Crippen molar-refractivity contribution < 1.29 is 9.84 Å². The van der Waals surface area contributed by atoms with Gasteiger partial charge in [0.05, 0.1) is 0 Å². The van der Waals surface area contributed by atoms with Crippen LogP contribution in [0.25, 0.3) is 0 Å². The molecule has 0 aromatic heterocycles. The number of aryl methyl sites for hydroxylation is 2. The van der Waals surface area contributed by atoms with Crippen molar-refractivity contribution in [2.24, 2.45) is 5.92 Å². The standard InChI is InChI=1S/C16H25NO2/c1-13-3-4-16(11-14(13)2)19-10-9-17-7-5-15(12-18)6-8-17/h3-4,11,15,18H,5-10,12H2,1-2H3. The Morgan fingerprint density at radius 2 is 1.95 bits per heavy atom. The minimum Gasteiger partial charge on any atom is -0.492 e. The fourth-order valence-corrected chi connectivity index (χ4v) is 2.49. The molecule has 1 aromatic rings. The molecule has 0 aliphatic carbocycles. The third kappa shape index (κ3) is 4.22. The van der Waals surface area contributed by atoms with Gasteiger partial charge in [0.25, 0.3) is 0 Å². The van der Waals surface area contributed by atoms with E-state index in [4.69, 9.17) is 9.84 Å². The van der Waals surface area contributed by atoms with Gasteiger partial charge in [-0.25, -0.2) is 0 Å². The van der Waals surface area contributed by atoms with E-state index in [0.29, 0.717) is 12.5 Å². The van der Waals surface area contributed by atoms with Gasteiger partial charge in [0.2, 0.25) is 0 Å². The van der Waals surface area contributed by atoms with E-state index in [2.05, 4.69) is 30.9 Å². The Bertz CT molecular complexity index is 398. The predicted molar refractivity (Wildman–Crippen MR) is 77.7 cm³/mol. The lowest BCUT2D eigenvalue weighted by molar-refractivity contribution is 0.118. The molecule has 1 aromatic carbocycles. The van der Waals surface area contributed by atoms with Gasteiger partial charge in [0.1, 0.15) is 12.4 Å². The van der Waals surface area contributed by atoms with Crippen molar-refractivity contribution in [3.05, 3.63) is 29.3 Å². The number of piperidine rings is 1. The molecule has 0 unspecified atom stereocenters. The van der Waals surface area contributed by atoms with E-state index < -0.39 is 0 Å². The monoisotopic (exact) mass is 263 g/mol. The summed E-state index contributed by atoms with van der Waals surface area (Å²) in [5, 5.41) is 9.11. The summed E-state index contributed by atoms with van der Waals surface area (Å²) in [6.07, 6.45) is 2.22. The van der Waals surface area contributed by atoms with Gasteiger partial charge < -0.3 is 9.84 Å². The van der Waals surface area contributed by atoms with E-state index in [1.165, 1.54) is 11.1 Å². The SMILES string of the molecule is Cc1ccc(OCCN2CCC(CO)CC2)cc1C. The number of likely N-dealkylation sites (tertiary alicyclic amines) is 1. The maximum absolute atomic E-state index is 9.11. The molecule has 1 heterocycles. The highest BCUT2D eigenvalue weighted by molar-refractivity contribution is 5.33. The first-order valence-corrected chi connectivity index (χ1v) is 7.22. The average molecular weight is 263 g/mol. The van der Waals surface area contributed by atoms with Crippen LogP contribution in [0.2, 0.25) is 0 Å². The minimum atomic E-state index is 0.340. The second-order valence-corrected chi connectivity index (χ2v) is 5.56. The molecule has 1 fully saturated rings. The summed E-state index contributed by atoms with van der Waals surface area (Å²) >= 11 is 0. The summed E-state index contributed by atoms with van der Waals surface area (Å²) in [7, 11) is 0. The molecule has 2 rings (SSSR count). The van der Waals surface area contributed by atoms with Crippen molar-refractivity contribution in [1.82, 2.24) is 4.90 Å². The zero-order valence-corrected chi connectivity index (χ0v) is 12.1. The number of ether oxygens (including phenoxy) is 1. The van der Waals surface area contributed by atoms with Crippen LogP contribution in [0.5, 0.6) is 5.75 Å². The van der Waals surface area contributed by atoms with Gasteiger partial charge >= 0.3 is 0 Å². The van der Waals surface area contributed by atoms with Crippen molar-refractivity contribution >= 4 is 0 Å². The lowest BCUT2D eigenvalue weighted by Crippen LogP contribution is -2.37. The van der Waals surface area contributed by atoms with E-state index in [9.17, 15) is 0 Å². The summed E-state index contributed by atoms with van der Waals surface area (Å²) in [6, 6.07) is 6.26. The second kappa shape index (κ2) is 6.92. The number of rotatable bonds is 5. The highest BCUT2D eigenvalue weighted by Crippen LogP contribution is 2.18. The largest absolute Gasteiger partial charge is 0.492 e. The first kappa shape index (κ1) is 14.4. The van der Waals surface area contributed by atoms with Gasteiger partial charge in [-0.2, -0.15) is 0 Å². The average Bonchev–Trinajstić information content (AvgIpc) is 2.43. The van der Waals surface area contributed by atoms with Crippen molar-refractivity contribution in [3.63, 3.8) is 0 Å². The van der Waals surface area contributed by atoms with Crippen molar-refractivity contribution in [1.29, 1.82) is 0 Å². The highest BCUT2D eigenvalue weighted by Gasteiger charge is 2.17. The molecule has 19 heavy (non-hydrogen) atoms. The Hall–Kier alpha value is -1.06. The van der Waals surface area contributed by atoms with Gasteiger partial charge in [0.15, 0.2) is 0 Å². The molecule has 0 spiro atoms. The fourth-order valence-electron chi connectivity index (χ4n) is 2.49. The summed E-state index contributed by atoms with van der Waals surface area (Å²) in [5.41, 5.74) is 2.58. The minimum absolute atomic E-state index is 0.340. The van der Waals surface area contributed by atoms with Crippen LogP contribution in [0.15, 0.2) is 18.2 Å². The normalized spacial score (nSPS) is 17.6. The van der Waals surface area contributed by atoms with Crippen LogP contribution in [0.3, 0.4) is 0 Å². The first-order chi connectivity index (χ1) is 9.19. The first-order valence-electron chi connectivity index (χ1n) is 7.22. The predicted octanol–water partition coefficient (Wildman–Crippen LogP) is 2.39. The zero-order chi connectivity index (χ0) is 13.7. The second-order valence-electron chi connectivity index (χ2n) is 5.56. The van der Waals surface area contributed by atoms with Gasteiger partial charge in [-0.15, -0.1) is 0 Å². The molecule has 0 saturated carbocycles.